The van der Waals surface area contributed by atoms with Gasteiger partial charge in [0.2, 0.25) is 0 Å². The van der Waals surface area contributed by atoms with E-state index < -0.39 is 11.9 Å². The van der Waals surface area contributed by atoms with Crippen molar-refractivity contribution in [3.63, 3.8) is 0 Å². The molecule has 0 radical (unpaired) electrons. The highest BCUT2D eigenvalue weighted by atomic mass is 79.9. The van der Waals surface area contributed by atoms with Crippen molar-refractivity contribution >= 4 is 33.8 Å². The van der Waals surface area contributed by atoms with Gasteiger partial charge in [0, 0.05) is 22.0 Å². The van der Waals surface area contributed by atoms with Crippen LogP contribution in [0.2, 0.25) is 0 Å². The number of rotatable bonds is 24. The zero-order valence-electron chi connectivity index (χ0n) is 26.6. The molecule has 43 heavy (non-hydrogen) atoms. The van der Waals surface area contributed by atoms with Crippen LogP contribution in [-0.4, -0.2) is 103 Å². The van der Waals surface area contributed by atoms with E-state index in [1.54, 1.807) is 6.92 Å². The zero-order valence-corrected chi connectivity index (χ0v) is 28.2. The summed E-state index contributed by atoms with van der Waals surface area (Å²) in [5.74, 6) is -2.13. The molecule has 0 unspecified atom stereocenters. The Balaban J connectivity index is -0.000000263. The van der Waals surface area contributed by atoms with E-state index in [0.717, 1.165) is 18.2 Å². The molecule has 12 heteroatoms. The van der Waals surface area contributed by atoms with Gasteiger partial charge in [-0.1, -0.05) is 80.6 Å². The summed E-state index contributed by atoms with van der Waals surface area (Å²) in [6.07, 6.45) is 11.4. The molecule has 0 aromatic heterocycles. The Labute approximate surface area is 267 Å². The molecule has 0 spiro atoms. The number of aliphatic hydroxyl groups is 2. The molecular weight excluding hydrogens is 628 g/mol. The molecule has 0 aliphatic heterocycles. The number of hydrogen-bond acceptors (Lipinski definition) is 9. The summed E-state index contributed by atoms with van der Waals surface area (Å²) in [4.78, 5) is 30.3. The van der Waals surface area contributed by atoms with Crippen LogP contribution >= 0.6 is 15.9 Å². The van der Waals surface area contributed by atoms with E-state index in [4.69, 9.17) is 39.4 Å². The zero-order chi connectivity index (χ0) is 33.7. The maximum absolute atomic E-state index is 11.1. The molecule has 0 saturated carbocycles. The molecular formula is C31H57BrO11. The van der Waals surface area contributed by atoms with Crippen molar-refractivity contribution < 1.29 is 53.8 Å². The summed E-state index contributed by atoms with van der Waals surface area (Å²) in [6, 6.07) is 0. The molecule has 4 N–H and O–H groups in total. The number of aliphatic hydroxyl groups excluding tert-OH is 2. The lowest BCUT2D eigenvalue weighted by atomic mass is 10.1. The predicted octanol–water partition coefficient (Wildman–Crippen LogP) is 5.33. The topological polar surface area (TPSA) is 169 Å². The number of esters is 1. The average molecular weight is 686 g/mol. The molecule has 254 valence electrons. The van der Waals surface area contributed by atoms with Gasteiger partial charge in [0.1, 0.15) is 0 Å². The Bertz CT molecular complexity index is 654. The summed E-state index contributed by atoms with van der Waals surface area (Å²) in [5, 5.41) is 33.6. The lowest BCUT2D eigenvalue weighted by Gasteiger charge is -2.04. The van der Waals surface area contributed by atoms with Crippen molar-refractivity contribution in [2.45, 2.75) is 78.6 Å². The summed E-state index contributed by atoms with van der Waals surface area (Å²) in [7, 11) is 0. The second-order valence-electron chi connectivity index (χ2n) is 9.24. The van der Waals surface area contributed by atoms with Gasteiger partial charge in [-0.25, -0.2) is 14.4 Å². The highest BCUT2D eigenvalue weighted by Gasteiger charge is 2.01. The number of aliphatic carboxylic acids is 2. The Morgan fingerprint density at radius 3 is 1.12 bits per heavy atom. The predicted molar refractivity (Wildman–Crippen MR) is 173 cm³/mol. The maximum atomic E-state index is 11.1. The SMILES string of the molecule is C=C(C)C(=O)O.C=C(C)C(=O)O.C=C(C)C(=O)OCCCCCCCCCCCBr.OCCOCCOCCOCCO. The fourth-order valence-corrected chi connectivity index (χ4v) is 2.79. The average Bonchev–Trinajstić information content (AvgIpc) is 2.95. The van der Waals surface area contributed by atoms with Crippen LogP contribution in [0, 0.1) is 0 Å². The molecule has 0 aliphatic rings. The molecule has 0 fully saturated rings. The van der Waals surface area contributed by atoms with Gasteiger partial charge in [0.05, 0.1) is 59.5 Å². The first-order valence-corrected chi connectivity index (χ1v) is 15.6. The molecule has 0 bridgehead atoms. The van der Waals surface area contributed by atoms with E-state index in [9.17, 15) is 14.4 Å². The first-order chi connectivity index (χ1) is 20.4. The van der Waals surface area contributed by atoms with Gasteiger partial charge >= 0.3 is 17.9 Å². The second kappa shape index (κ2) is 39.9. The number of carboxylic acid groups (broad SMARTS) is 2. The molecule has 0 rings (SSSR count). The van der Waals surface area contributed by atoms with Gasteiger partial charge in [0.25, 0.3) is 0 Å². The molecule has 0 aromatic carbocycles. The fourth-order valence-electron chi connectivity index (χ4n) is 2.39. The van der Waals surface area contributed by atoms with Crippen molar-refractivity contribution in [1.82, 2.24) is 0 Å². The smallest absolute Gasteiger partial charge is 0.333 e. The molecule has 0 atom stereocenters. The highest BCUT2D eigenvalue weighted by molar-refractivity contribution is 9.09. The molecule has 11 nitrogen and oxygen atoms in total. The molecule has 0 aromatic rings. The normalized spacial score (nSPS) is 9.63. The van der Waals surface area contributed by atoms with E-state index in [1.165, 1.54) is 58.8 Å². The van der Waals surface area contributed by atoms with Crippen LogP contribution in [0.3, 0.4) is 0 Å². The van der Waals surface area contributed by atoms with Crippen LogP contribution in [0.15, 0.2) is 36.5 Å². The standard InChI is InChI=1S/C15H27BrO2.C8H18O5.2C4H6O2/c1-14(2)15(17)18-13-11-9-7-5-3-4-6-8-10-12-16;9-1-3-11-5-7-13-8-6-12-4-2-10;2*1-3(2)4(5)6/h1,3-13H2,2H3;9-10H,1-8H2;2*1H2,2H3,(H,5,6). The summed E-state index contributed by atoms with van der Waals surface area (Å²) >= 11 is 3.45. The Hall–Kier alpha value is -2.09. The Morgan fingerprint density at radius 1 is 0.535 bits per heavy atom. The number of carboxylic acids is 2. The Morgan fingerprint density at radius 2 is 0.837 bits per heavy atom. The van der Waals surface area contributed by atoms with Crippen molar-refractivity contribution in [2.24, 2.45) is 0 Å². The summed E-state index contributed by atoms with van der Waals surface area (Å²) in [6.45, 7) is 17.7. The maximum Gasteiger partial charge on any atom is 0.333 e. The van der Waals surface area contributed by atoms with E-state index >= 15 is 0 Å². The first-order valence-electron chi connectivity index (χ1n) is 14.5. The van der Waals surface area contributed by atoms with Crippen molar-refractivity contribution in [1.29, 1.82) is 0 Å². The second-order valence-corrected chi connectivity index (χ2v) is 10.0. The summed E-state index contributed by atoms with van der Waals surface area (Å²) < 4.78 is 20.1. The van der Waals surface area contributed by atoms with Gasteiger partial charge in [-0.2, -0.15) is 0 Å². The first kappa shape index (κ1) is 47.8. The van der Waals surface area contributed by atoms with Crippen LogP contribution < -0.4 is 0 Å². The number of carbonyl (C=O) groups excluding carboxylic acids is 1. The van der Waals surface area contributed by atoms with E-state index in [2.05, 4.69) is 35.7 Å². The van der Waals surface area contributed by atoms with E-state index in [0.29, 0.717) is 51.8 Å². The van der Waals surface area contributed by atoms with Crippen molar-refractivity contribution in [3.8, 4) is 0 Å². The fraction of sp³-hybridized carbons (Fsp3) is 0.710. The number of hydrogen-bond donors (Lipinski definition) is 4. The third-order valence-electron chi connectivity index (χ3n) is 4.81. The minimum absolute atomic E-state index is 0.0413. The Kier molecular flexibility index (Phi) is 44.4. The molecule has 0 aliphatic carbocycles. The van der Waals surface area contributed by atoms with Gasteiger partial charge in [-0.3, -0.25) is 0 Å². The number of unbranched alkanes of at least 4 members (excludes halogenated alkanes) is 8. The largest absolute Gasteiger partial charge is 0.478 e. The van der Waals surface area contributed by atoms with Gasteiger partial charge in [-0.05, 0) is 33.6 Å². The van der Waals surface area contributed by atoms with Crippen molar-refractivity contribution in [3.05, 3.63) is 36.5 Å². The number of halogens is 1. The number of carbonyl (C=O) groups is 3. The third kappa shape index (κ3) is 53.0. The van der Waals surface area contributed by atoms with E-state index in [1.807, 2.05) is 0 Å². The summed E-state index contributed by atoms with van der Waals surface area (Å²) in [5.41, 5.74) is 0.837. The number of alkyl halides is 1. The lowest BCUT2D eigenvalue weighted by Crippen LogP contribution is -2.11. The minimum atomic E-state index is -0.935. The van der Waals surface area contributed by atoms with Crippen LogP contribution in [-0.2, 0) is 33.3 Å². The highest BCUT2D eigenvalue weighted by Crippen LogP contribution is 2.10. The monoisotopic (exact) mass is 684 g/mol. The van der Waals surface area contributed by atoms with Crippen LogP contribution in [0.1, 0.15) is 78.6 Å². The van der Waals surface area contributed by atoms with Crippen molar-refractivity contribution in [2.75, 3.05) is 64.8 Å². The quantitative estimate of drug-likeness (QED) is 0.0449. The molecule has 0 saturated heterocycles. The molecule has 0 amide bonds. The minimum Gasteiger partial charge on any atom is -0.478 e. The van der Waals surface area contributed by atoms with Crippen LogP contribution in [0.25, 0.3) is 0 Å². The van der Waals surface area contributed by atoms with Crippen LogP contribution in [0.4, 0.5) is 0 Å². The van der Waals surface area contributed by atoms with E-state index in [-0.39, 0.29) is 30.3 Å². The van der Waals surface area contributed by atoms with Gasteiger partial charge in [-0.15, -0.1) is 0 Å². The number of ether oxygens (including phenoxy) is 4. The van der Waals surface area contributed by atoms with Crippen LogP contribution in [0.5, 0.6) is 0 Å². The molecule has 0 heterocycles. The van der Waals surface area contributed by atoms with Gasteiger partial charge < -0.3 is 39.4 Å². The lowest BCUT2D eigenvalue weighted by molar-refractivity contribution is -0.139. The van der Waals surface area contributed by atoms with Gasteiger partial charge in [0.15, 0.2) is 0 Å². The third-order valence-corrected chi connectivity index (χ3v) is 5.37.